The Bertz CT molecular complexity index is 1010. The van der Waals surface area contributed by atoms with Crippen molar-refractivity contribution in [3.05, 3.63) is 77.7 Å². The Kier molecular flexibility index (Phi) is 3.99. The molecule has 1 unspecified atom stereocenters. The Balaban J connectivity index is 1.92. The van der Waals surface area contributed by atoms with Gasteiger partial charge in [0.1, 0.15) is 0 Å². The van der Waals surface area contributed by atoms with Gasteiger partial charge in [-0.05, 0) is 12.1 Å². The average Bonchev–Trinajstić information content (AvgIpc) is 3.17. The van der Waals surface area contributed by atoms with Crippen LogP contribution in [0.25, 0.3) is 22.3 Å². The molecule has 0 aliphatic heterocycles. The number of aromatic amines is 1. The van der Waals surface area contributed by atoms with Gasteiger partial charge in [-0.15, -0.1) is 0 Å². The number of imidazole rings is 2. The number of aromatic nitrogens is 4. The Morgan fingerprint density at radius 3 is 2.42 bits per heavy atom. The first-order valence-electron chi connectivity index (χ1n) is 8.87. The zero-order chi connectivity index (χ0) is 18.3. The zero-order valence-electron chi connectivity index (χ0n) is 15.2. The van der Waals surface area contributed by atoms with Crippen molar-refractivity contribution in [3.8, 4) is 11.3 Å². The number of nitrogens with zero attached hydrogens (tertiary/aromatic N) is 3. The molecule has 0 fully saturated rings. The van der Waals surface area contributed by atoms with Crippen LogP contribution >= 0.6 is 0 Å². The van der Waals surface area contributed by atoms with Crippen LogP contribution in [0.2, 0.25) is 0 Å². The van der Waals surface area contributed by atoms with Crippen molar-refractivity contribution in [3.63, 3.8) is 0 Å². The van der Waals surface area contributed by atoms with Crippen molar-refractivity contribution in [1.82, 2.24) is 14.5 Å². The summed E-state index contributed by atoms with van der Waals surface area (Å²) < 4.78 is 3.00. The lowest BCUT2D eigenvalue weighted by Crippen LogP contribution is -2.27. The number of hydrogen-bond acceptors (Lipinski definition) is 2. The molecule has 26 heavy (non-hydrogen) atoms. The fraction of sp³-hybridized carbons (Fsp3) is 0.238. The Labute approximate surface area is 152 Å². The van der Waals surface area contributed by atoms with E-state index >= 15 is 0 Å². The number of H-pyrrole nitrogens is 1. The van der Waals surface area contributed by atoms with Crippen LogP contribution in [0.5, 0.6) is 0 Å². The van der Waals surface area contributed by atoms with Gasteiger partial charge in [-0.25, -0.2) is 14.3 Å². The number of rotatable bonds is 4. The summed E-state index contributed by atoms with van der Waals surface area (Å²) in [5.74, 6) is 1.12. The maximum absolute atomic E-state index is 12.4. The predicted octanol–water partition coefficient (Wildman–Crippen LogP) is 4.22. The van der Waals surface area contributed by atoms with E-state index in [0.717, 1.165) is 32.8 Å². The van der Waals surface area contributed by atoms with Gasteiger partial charge in [-0.1, -0.05) is 56.3 Å². The Hall–Kier alpha value is -3.08. The minimum atomic E-state index is -0.0634. The highest BCUT2D eigenvalue weighted by molar-refractivity contribution is 5.75. The molecule has 4 rings (SSSR count). The molecule has 5 heteroatoms. The van der Waals surface area contributed by atoms with Crippen molar-refractivity contribution < 1.29 is 4.73 Å². The molecule has 0 aliphatic rings. The van der Waals surface area contributed by atoms with E-state index in [2.05, 4.69) is 23.4 Å². The fourth-order valence-corrected chi connectivity index (χ4v) is 3.59. The summed E-state index contributed by atoms with van der Waals surface area (Å²) in [7, 11) is 0. The summed E-state index contributed by atoms with van der Waals surface area (Å²) in [6.45, 7) is 6.16. The van der Waals surface area contributed by atoms with Gasteiger partial charge in [0, 0.05) is 18.4 Å². The SMILES string of the molecule is Cc1c(-c2ccccc2)n(C(c2nc3ccccc3[nH]2)C(C)C)c[n+]1[O-]. The average molecular weight is 346 g/mol. The van der Waals surface area contributed by atoms with Gasteiger partial charge < -0.3 is 10.2 Å². The first-order valence-corrected chi connectivity index (χ1v) is 8.87. The van der Waals surface area contributed by atoms with Crippen LogP contribution in [0.15, 0.2) is 60.9 Å². The van der Waals surface area contributed by atoms with Crippen LogP contribution in [0.4, 0.5) is 0 Å². The molecule has 4 aromatic rings. The second kappa shape index (κ2) is 6.33. The third-order valence-corrected chi connectivity index (χ3v) is 4.83. The van der Waals surface area contributed by atoms with Gasteiger partial charge in [0.05, 0.1) is 11.0 Å². The van der Waals surface area contributed by atoms with Crippen molar-refractivity contribution in [1.29, 1.82) is 0 Å². The van der Waals surface area contributed by atoms with E-state index in [-0.39, 0.29) is 12.0 Å². The van der Waals surface area contributed by atoms with Crippen LogP contribution < -0.4 is 4.73 Å². The van der Waals surface area contributed by atoms with Gasteiger partial charge in [0.25, 0.3) is 0 Å². The van der Waals surface area contributed by atoms with E-state index in [9.17, 15) is 5.21 Å². The second-order valence-corrected chi connectivity index (χ2v) is 6.98. The van der Waals surface area contributed by atoms with Gasteiger partial charge >= 0.3 is 0 Å². The second-order valence-electron chi connectivity index (χ2n) is 6.98. The summed E-state index contributed by atoms with van der Waals surface area (Å²) >= 11 is 0. The van der Waals surface area contributed by atoms with E-state index in [4.69, 9.17) is 4.98 Å². The summed E-state index contributed by atoms with van der Waals surface area (Å²) in [4.78, 5) is 8.24. The third kappa shape index (κ3) is 2.65. The van der Waals surface area contributed by atoms with Crippen molar-refractivity contribution in [2.24, 2.45) is 5.92 Å². The molecule has 1 N–H and O–H groups in total. The number of para-hydroxylation sites is 2. The molecule has 0 radical (unpaired) electrons. The molecule has 0 spiro atoms. The molecule has 2 aromatic carbocycles. The summed E-state index contributed by atoms with van der Waals surface area (Å²) in [5.41, 5.74) is 4.60. The lowest BCUT2D eigenvalue weighted by molar-refractivity contribution is -0.611. The largest absolute Gasteiger partial charge is 0.711 e. The lowest BCUT2D eigenvalue weighted by atomic mass is 10.0. The molecular formula is C21H22N4O. The number of fused-ring (bicyclic) bond motifs is 1. The molecular weight excluding hydrogens is 324 g/mol. The molecule has 0 bridgehead atoms. The first-order chi connectivity index (χ1) is 12.6. The Morgan fingerprint density at radius 2 is 1.73 bits per heavy atom. The van der Waals surface area contributed by atoms with Crippen molar-refractivity contribution in [2.75, 3.05) is 0 Å². The van der Waals surface area contributed by atoms with Crippen LogP contribution in [-0.4, -0.2) is 14.5 Å². The Morgan fingerprint density at radius 1 is 1.04 bits per heavy atom. The molecule has 0 aliphatic carbocycles. The number of nitrogens with one attached hydrogen (secondary N) is 1. The molecule has 132 valence electrons. The molecule has 2 heterocycles. The fourth-order valence-electron chi connectivity index (χ4n) is 3.59. The summed E-state index contributed by atoms with van der Waals surface area (Å²) in [6.07, 6.45) is 1.63. The first kappa shape index (κ1) is 16.4. The van der Waals surface area contributed by atoms with Gasteiger partial charge in [-0.3, -0.25) is 0 Å². The lowest BCUT2D eigenvalue weighted by Gasteiger charge is -2.17. The zero-order valence-corrected chi connectivity index (χ0v) is 15.2. The van der Waals surface area contributed by atoms with Gasteiger partial charge in [0.2, 0.25) is 6.33 Å². The summed E-state index contributed by atoms with van der Waals surface area (Å²) in [6, 6.07) is 18.0. The van der Waals surface area contributed by atoms with E-state index < -0.39 is 0 Å². The number of hydrogen-bond donors (Lipinski definition) is 1. The number of benzene rings is 2. The molecule has 0 saturated heterocycles. The standard InChI is InChI=1S/C21H22N4O/c1-14(2)19(21-22-17-11-7-8-12-18(17)23-21)24-13-25(26)15(3)20(24)16-9-5-4-6-10-16/h4-14,19H,1-3H3,(H,22,23). The quantitative estimate of drug-likeness (QED) is 0.444. The van der Waals surface area contributed by atoms with E-state index in [1.54, 1.807) is 6.33 Å². The molecule has 2 aromatic heterocycles. The van der Waals surface area contributed by atoms with Crippen LogP contribution in [-0.2, 0) is 0 Å². The van der Waals surface area contributed by atoms with Crippen LogP contribution in [0, 0.1) is 18.0 Å². The van der Waals surface area contributed by atoms with Crippen LogP contribution in [0.1, 0.15) is 31.4 Å². The van der Waals surface area contributed by atoms with Crippen molar-refractivity contribution in [2.45, 2.75) is 26.8 Å². The van der Waals surface area contributed by atoms with E-state index in [1.807, 2.05) is 61.5 Å². The highest BCUT2D eigenvalue weighted by Crippen LogP contribution is 2.32. The predicted molar refractivity (Wildman–Crippen MR) is 103 cm³/mol. The molecule has 0 saturated carbocycles. The minimum Gasteiger partial charge on any atom is -0.711 e. The molecule has 0 amide bonds. The van der Waals surface area contributed by atoms with Crippen LogP contribution in [0.3, 0.4) is 0 Å². The summed E-state index contributed by atoms with van der Waals surface area (Å²) in [5, 5.41) is 12.4. The topological polar surface area (TPSA) is 60.5 Å². The highest BCUT2D eigenvalue weighted by atomic mass is 16.5. The third-order valence-electron chi connectivity index (χ3n) is 4.83. The van der Waals surface area contributed by atoms with Gasteiger partial charge in [0.15, 0.2) is 23.3 Å². The maximum atomic E-state index is 12.4. The smallest absolute Gasteiger partial charge is 0.248 e. The molecule has 5 nitrogen and oxygen atoms in total. The highest BCUT2D eigenvalue weighted by Gasteiger charge is 2.31. The van der Waals surface area contributed by atoms with Crippen molar-refractivity contribution >= 4 is 11.0 Å². The van der Waals surface area contributed by atoms with E-state index in [0.29, 0.717) is 5.69 Å². The minimum absolute atomic E-state index is 0.0634. The monoisotopic (exact) mass is 346 g/mol. The molecule has 1 atom stereocenters. The normalized spacial score (nSPS) is 12.8. The van der Waals surface area contributed by atoms with Gasteiger partial charge in [-0.2, -0.15) is 0 Å². The van der Waals surface area contributed by atoms with E-state index in [1.165, 1.54) is 0 Å². The maximum Gasteiger partial charge on any atom is 0.248 e.